The zero-order valence-corrected chi connectivity index (χ0v) is 11.6. The molecule has 2 aliphatic carbocycles. The molecule has 1 N–H and O–H groups in total. The highest BCUT2D eigenvalue weighted by molar-refractivity contribution is 6.05. The number of hydrogen-bond donors (Lipinski definition) is 1. The van der Waals surface area contributed by atoms with E-state index in [0.29, 0.717) is 12.8 Å². The number of fused-ring (bicyclic) bond motifs is 1. The average molecular weight is 273 g/mol. The maximum atomic E-state index is 12.4. The second-order valence-corrected chi connectivity index (χ2v) is 5.69. The number of amides is 1. The molecular weight excluding hydrogens is 254 g/mol. The Balaban J connectivity index is 1.77. The zero-order valence-electron chi connectivity index (χ0n) is 11.6. The standard InChI is InChI=1S/C16H19NO3/c1-20-15(19)16(9-10-16)14(18)17-13-8-4-6-11-5-2-3-7-12(11)13/h2-3,5,7,13H,4,6,8-10H2,1H3,(H,17,18)/t13-/m1/s1. The molecule has 2 aliphatic rings. The van der Waals surface area contributed by atoms with Crippen molar-refractivity contribution in [2.24, 2.45) is 5.41 Å². The molecule has 1 aromatic carbocycles. The summed E-state index contributed by atoms with van der Waals surface area (Å²) in [5, 5.41) is 3.05. The summed E-state index contributed by atoms with van der Waals surface area (Å²) < 4.78 is 4.76. The second-order valence-electron chi connectivity index (χ2n) is 5.69. The van der Waals surface area contributed by atoms with Crippen LogP contribution >= 0.6 is 0 Å². The Labute approximate surface area is 118 Å². The van der Waals surface area contributed by atoms with Crippen molar-refractivity contribution in [1.29, 1.82) is 0 Å². The highest BCUT2D eigenvalue weighted by Gasteiger charge is 2.58. The number of ether oxygens (including phenoxy) is 1. The summed E-state index contributed by atoms with van der Waals surface area (Å²) in [6.07, 6.45) is 4.25. The molecule has 106 valence electrons. The van der Waals surface area contributed by atoms with Gasteiger partial charge in [0.2, 0.25) is 5.91 Å². The first-order valence-corrected chi connectivity index (χ1v) is 7.14. The van der Waals surface area contributed by atoms with Crippen LogP contribution in [0.25, 0.3) is 0 Å². The topological polar surface area (TPSA) is 55.4 Å². The molecule has 0 aliphatic heterocycles. The van der Waals surface area contributed by atoms with E-state index in [0.717, 1.165) is 19.3 Å². The molecule has 0 radical (unpaired) electrons. The first-order valence-electron chi connectivity index (χ1n) is 7.14. The molecule has 1 amide bonds. The van der Waals surface area contributed by atoms with E-state index < -0.39 is 11.4 Å². The van der Waals surface area contributed by atoms with Gasteiger partial charge in [0.05, 0.1) is 13.2 Å². The van der Waals surface area contributed by atoms with E-state index >= 15 is 0 Å². The third kappa shape index (κ3) is 2.09. The molecule has 1 fully saturated rings. The van der Waals surface area contributed by atoms with E-state index in [-0.39, 0.29) is 11.9 Å². The minimum Gasteiger partial charge on any atom is -0.468 e. The Morgan fingerprint density at radius 3 is 2.75 bits per heavy atom. The van der Waals surface area contributed by atoms with Crippen molar-refractivity contribution in [2.45, 2.75) is 38.1 Å². The SMILES string of the molecule is COC(=O)C1(C(=O)N[C@@H]2CCCc3ccccc32)CC1. The van der Waals surface area contributed by atoms with E-state index in [1.165, 1.54) is 18.2 Å². The highest BCUT2D eigenvalue weighted by atomic mass is 16.5. The fraction of sp³-hybridized carbons (Fsp3) is 0.500. The van der Waals surface area contributed by atoms with Crippen LogP contribution < -0.4 is 5.32 Å². The predicted molar refractivity (Wildman–Crippen MR) is 73.9 cm³/mol. The van der Waals surface area contributed by atoms with E-state index in [9.17, 15) is 9.59 Å². The molecule has 0 unspecified atom stereocenters. The van der Waals surface area contributed by atoms with Crippen LogP contribution in [-0.4, -0.2) is 19.0 Å². The van der Waals surface area contributed by atoms with Gasteiger partial charge in [0.15, 0.2) is 0 Å². The van der Waals surface area contributed by atoms with Crippen LogP contribution in [0.5, 0.6) is 0 Å². The van der Waals surface area contributed by atoms with Crippen molar-refractivity contribution in [3.63, 3.8) is 0 Å². The number of rotatable bonds is 3. The van der Waals surface area contributed by atoms with E-state index in [1.807, 2.05) is 12.1 Å². The molecule has 1 saturated carbocycles. The highest BCUT2D eigenvalue weighted by Crippen LogP contribution is 2.47. The van der Waals surface area contributed by atoms with Crippen LogP contribution in [0, 0.1) is 5.41 Å². The summed E-state index contributed by atoms with van der Waals surface area (Å²) in [6.45, 7) is 0. The summed E-state index contributed by atoms with van der Waals surface area (Å²) in [5.74, 6) is -0.579. The van der Waals surface area contributed by atoms with Crippen molar-refractivity contribution in [1.82, 2.24) is 5.32 Å². The molecule has 1 aromatic rings. The van der Waals surface area contributed by atoms with Crippen LogP contribution in [0.2, 0.25) is 0 Å². The minimum absolute atomic E-state index is 0.0228. The van der Waals surface area contributed by atoms with Crippen molar-refractivity contribution in [3.05, 3.63) is 35.4 Å². The lowest BCUT2D eigenvalue weighted by molar-refractivity contribution is -0.152. The van der Waals surface area contributed by atoms with Gasteiger partial charge in [-0.25, -0.2) is 0 Å². The Hall–Kier alpha value is -1.84. The Bertz CT molecular complexity index is 548. The number of hydrogen-bond acceptors (Lipinski definition) is 3. The molecule has 0 heterocycles. The number of benzene rings is 1. The molecule has 0 spiro atoms. The predicted octanol–water partition coefficient (Wildman–Crippen LogP) is 2.13. The Morgan fingerprint density at radius 1 is 1.30 bits per heavy atom. The van der Waals surface area contributed by atoms with Crippen LogP contribution in [0.4, 0.5) is 0 Å². The minimum atomic E-state index is -0.916. The van der Waals surface area contributed by atoms with Crippen LogP contribution in [0.15, 0.2) is 24.3 Å². The van der Waals surface area contributed by atoms with Crippen LogP contribution in [0.1, 0.15) is 42.9 Å². The fourth-order valence-corrected chi connectivity index (χ4v) is 3.04. The third-order valence-electron chi connectivity index (χ3n) is 4.44. The smallest absolute Gasteiger partial charge is 0.321 e. The number of methoxy groups -OCH3 is 1. The summed E-state index contributed by atoms with van der Waals surface area (Å²) in [5.41, 5.74) is 1.57. The van der Waals surface area contributed by atoms with Crippen LogP contribution in [-0.2, 0) is 20.7 Å². The number of carbonyl (C=O) groups excluding carboxylic acids is 2. The molecule has 1 atom stereocenters. The lowest BCUT2D eigenvalue weighted by Crippen LogP contribution is -2.40. The lowest BCUT2D eigenvalue weighted by Gasteiger charge is -2.27. The summed E-state index contributed by atoms with van der Waals surface area (Å²) in [4.78, 5) is 24.1. The maximum absolute atomic E-state index is 12.4. The molecular formula is C16H19NO3. The molecule has 0 aromatic heterocycles. The molecule has 4 nitrogen and oxygen atoms in total. The zero-order chi connectivity index (χ0) is 14.2. The van der Waals surface area contributed by atoms with Gasteiger partial charge >= 0.3 is 5.97 Å². The molecule has 4 heteroatoms. The van der Waals surface area contributed by atoms with Gasteiger partial charge in [-0.1, -0.05) is 24.3 Å². The number of esters is 1. The van der Waals surface area contributed by atoms with E-state index in [1.54, 1.807) is 0 Å². The van der Waals surface area contributed by atoms with E-state index in [4.69, 9.17) is 4.74 Å². The Kier molecular flexibility index (Phi) is 3.24. The maximum Gasteiger partial charge on any atom is 0.321 e. The van der Waals surface area contributed by atoms with Gasteiger partial charge in [-0.2, -0.15) is 0 Å². The normalized spacial score (nSPS) is 22.6. The monoisotopic (exact) mass is 273 g/mol. The first kappa shape index (κ1) is 13.2. The number of nitrogens with one attached hydrogen (secondary N) is 1. The second kappa shape index (κ2) is 4.93. The summed E-state index contributed by atoms with van der Waals surface area (Å²) in [6, 6.07) is 8.23. The summed E-state index contributed by atoms with van der Waals surface area (Å²) in [7, 11) is 1.34. The largest absolute Gasteiger partial charge is 0.468 e. The summed E-state index contributed by atoms with van der Waals surface area (Å²) >= 11 is 0. The number of carbonyl (C=O) groups is 2. The fourth-order valence-electron chi connectivity index (χ4n) is 3.04. The van der Waals surface area contributed by atoms with Gasteiger partial charge < -0.3 is 10.1 Å². The Morgan fingerprint density at radius 2 is 2.05 bits per heavy atom. The van der Waals surface area contributed by atoms with Crippen LogP contribution in [0.3, 0.4) is 0 Å². The van der Waals surface area contributed by atoms with Gasteiger partial charge in [0, 0.05) is 0 Å². The first-order chi connectivity index (χ1) is 9.67. The lowest BCUT2D eigenvalue weighted by atomic mass is 9.87. The van der Waals surface area contributed by atoms with Crippen molar-refractivity contribution in [3.8, 4) is 0 Å². The molecule has 0 bridgehead atoms. The van der Waals surface area contributed by atoms with Gasteiger partial charge in [-0.15, -0.1) is 0 Å². The van der Waals surface area contributed by atoms with Gasteiger partial charge in [-0.05, 0) is 43.2 Å². The number of aryl methyl sites for hydroxylation is 1. The third-order valence-corrected chi connectivity index (χ3v) is 4.44. The molecule has 0 saturated heterocycles. The van der Waals surface area contributed by atoms with Gasteiger partial charge in [-0.3, -0.25) is 9.59 Å². The average Bonchev–Trinajstić information content (AvgIpc) is 3.28. The van der Waals surface area contributed by atoms with Gasteiger partial charge in [0.25, 0.3) is 0 Å². The van der Waals surface area contributed by atoms with E-state index in [2.05, 4.69) is 17.4 Å². The molecule has 20 heavy (non-hydrogen) atoms. The van der Waals surface area contributed by atoms with Crippen molar-refractivity contribution >= 4 is 11.9 Å². The molecule has 3 rings (SSSR count). The van der Waals surface area contributed by atoms with Gasteiger partial charge in [0.1, 0.15) is 5.41 Å². The van der Waals surface area contributed by atoms with Crippen molar-refractivity contribution in [2.75, 3.05) is 7.11 Å². The van der Waals surface area contributed by atoms with Crippen molar-refractivity contribution < 1.29 is 14.3 Å². The quantitative estimate of drug-likeness (QED) is 0.678.